The third kappa shape index (κ3) is 3.95. The minimum Gasteiger partial charge on any atom is -0.452 e. The van der Waals surface area contributed by atoms with Gasteiger partial charge in [-0.3, -0.25) is 9.69 Å². The molecule has 1 aliphatic heterocycles. The molecular formula is C10H15NO2. The van der Waals surface area contributed by atoms with Gasteiger partial charge < -0.3 is 4.74 Å². The number of hydrogen-bond donors (Lipinski definition) is 0. The Kier molecular flexibility index (Phi) is 4.34. The summed E-state index contributed by atoms with van der Waals surface area (Å²) < 4.78 is 4.78. The Morgan fingerprint density at radius 1 is 1.38 bits per heavy atom. The van der Waals surface area contributed by atoms with E-state index in [1.807, 2.05) is 0 Å². The van der Waals surface area contributed by atoms with Crippen LogP contribution in [0.4, 0.5) is 0 Å². The summed E-state index contributed by atoms with van der Waals surface area (Å²) in [5, 5.41) is 0. The van der Waals surface area contributed by atoms with Crippen molar-refractivity contribution in [2.24, 2.45) is 0 Å². The van der Waals surface area contributed by atoms with Crippen molar-refractivity contribution < 1.29 is 9.53 Å². The highest BCUT2D eigenvalue weighted by molar-refractivity contribution is 5.71. The number of hydrogen-bond acceptors (Lipinski definition) is 3. The molecule has 1 heterocycles. The summed E-state index contributed by atoms with van der Waals surface area (Å²) >= 11 is 0. The lowest BCUT2D eigenvalue weighted by atomic mass is 10.1. The Balaban J connectivity index is 2.15. The maximum atomic E-state index is 11.1. The number of terminal acetylenes is 1. The summed E-state index contributed by atoms with van der Waals surface area (Å²) in [4.78, 5) is 13.2. The Morgan fingerprint density at radius 3 is 2.69 bits per heavy atom. The highest BCUT2D eigenvalue weighted by atomic mass is 16.5. The normalized spacial score (nSPS) is 17.8. The molecule has 1 saturated heterocycles. The van der Waals surface area contributed by atoms with Crippen molar-refractivity contribution >= 4 is 5.97 Å². The van der Waals surface area contributed by atoms with Crippen LogP contribution < -0.4 is 0 Å². The molecule has 0 radical (unpaired) electrons. The van der Waals surface area contributed by atoms with Crippen LogP contribution in [-0.4, -0.2) is 37.1 Å². The van der Waals surface area contributed by atoms with Crippen molar-refractivity contribution in [3.8, 4) is 12.3 Å². The Morgan fingerprint density at radius 2 is 2.08 bits per heavy atom. The zero-order valence-corrected chi connectivity index (χ0v) is 7.79. The molecule has 0 spiro atoms. The van der Waals surface area contributed by atoms with Crippen molar-refractivity contribution in [2.75, 3.05) is 26.2 Å². The summed E-state index contributed by atoms with van der Waals surface area (Å²) in [5.74, 6) is 2.07. The number of piperidine rings is 1. The molecule has 0 aromatic heterocycles. The number of likely N-dealkylation sites (tertiary alicyclic amines) is 1. The monoisotopic (exact) mass is 181 g/mol. The predicted octanol–water partition coefficient (Wildman–Crippen LogP) is 0.649. The molecule has 3 nitrogen and oxygen atoms in total. The maximum absolute atomic E-state index is 11.1. The van der Waals surface area contributed by atoms with Crippen LogP contribution in [0, 0.1) is 12.3 Å². The minimum absolute atomic E-state index is 0.0900. The van der Waals surface area contributed by atoms with E-state index in [-0.39, 0.29) is 12.6 Å². The second kappa shape index (κ2) is 5.60. The summed E-state index contributed by atoms with van der Waals surface area (Å²) in [6.45, 7) is 2.49. The molecule has 0 aromatic rings. The van der Waals surface area contributed by atoms with Crippen molar-refractivity contribution in [1.82, 2.24) is 4.90 Å². The van der Waals surface area contributed by atoms with E-state index in [0.717, 1.165) is 13.1 Å². The highest BCUT2D eigenvalue weighted by Gasteiger charge is 2.13. The van der Waals surface area contributed by atoms with E-state index in [0.29, 0.717) is 6.54 Å². The van der Waals surface area contributed by atoms with Gasteiger partial charge in [0.25, 0.3) is 0 Å². The van der Waals surface area contributed by atoms with Gasteiger partial charge in [-0.2, -0.15) is 0 Å². The standard InChI is InChI=1S/C10H15NO2/c1-2-8-13-10(12)9-11-6-4-3-5-7-11/h1H,3-9H2. The van der Waals surface area contributed by atoms with Gasteiger partial charge in [-0.1, -0.05) is 12.3 Å². The number of nitrogens with zero attached hydrogens (tertiary/aromatic N) is 1. The quantitative estimate of drug-likeness (QED) is 0.473. The van der Waals surface area contributed by atoms with Crippen LogP contribution in [0.1, 0.15) is 19.3 Å². The molecule has 0 aromatic carbocycles. The van der Waals surface area contributed by atoms with E-state index in [1.165, 1.54) is 19.3 Å². The van der Waals surface area contributed by atoms with Crippen LogP contribution in [0.15, 0.2) is 0 Å². The molecular weight excluding hydrogens is 166 g/mol. The lowest BCUT2D eigenvalue weighted by molar-refractivity contribution is -0.143. The number of carbonyl (C=O) groups is 1. The molecule has 0 aliphatic carbocycles. The first-order valence-corrected chi connectivity index (χ1v) is 4.64. The van der Waals surface area contributed by atoms with Crippen LogP contribution in [0.3, 0.4) is 0 Å². The second-order valence-corrected chi connectivity index (χ2v) is 3.20. The fourth-order valence-electron chi connectivity index (χ4n) is 1.47. The van der Waals surface area contributed by atoms with Gasteiger partial charge in [0.05, 0.1) is 6.54 Å². The fraction of sp³-hybridized carbons (Fsp3) is 0.700. The molecule has 0 amide bonds. The maximum Gasteiger partial charge on any atom is 0.321 e. The third-order valence-corrected chi connectivity index (χ3v) is 2.12. The molecule has 0 bridgehead atoms. The zero-order chi connectivity index (χ0) is 9.52. The van der Waals surface area contributed by atoms with Crippen LogP contribution in [0.5, 0.6) is 0 Å². The summed E-state index contributed by atoms with van der Waals surface area (Å²) in [7, 11) is 0. The first-order valence-electron chi connectivity index (χ1n) is 4.64. The van der Waals surface area contributed by atoms with Crippen molar-refractivity contribution in [2.45, 2.75) is 19.3 Å². The van der Waals surface area contributed by atoms with Gasteiger partial charge in [0.15, 0.2) is 6.61 Å². The average molecular weight is 181 g/mol. The molecule has 3 heteroatoms. The number of ether oxygens (including phenoxy) is 1. The predicted molar refractivity (Wildman–Crippen MR) is 50.1 cm³/mol. The van der Waals surface area contributed by atoms with Gasteiger partial charge in [0.1, 0.15) is 0 Å². The molecule has 0 atom stereocenters. The van der Waals surface area contributed by atoms with Gasteiger partial charge in [0.2, 0.25) is 0 Å². The zero-order valence-electron chi connectivity index (χ0n) is 7.79. The summed E-state index contributed by atoms with van der Waals surface area (Å²) in [6.07, 6.45) is 8.61. The van der Waals surface area contributed by atoms with E-state index in [4.69, 9.17) is 11.2 Å². The Labute approximate surface area is 79.1 Å². The van der Waals surface area contributed by atoms with E-state index >= 15 is 0 Å². The molecule has 13 heavy (non-hydrogen) atoms. The molecule has 0 unspecified atom stereocenters. The molecule has 1 aliphatic rings. The topological polar surface area (TPSA) is 29.5 Å². The van der Waals surface area contributed by atoms with Gasteiger partial charge in [-0.15, -0.1) is 6.42 Å². The lowest BCUT2D eigenvalue weighted by Crippen LogP contribution is -2.35. The summed E-state index contributed by atoms with van der Waals surface area (Å²) in [6, 6.07) is 0. The van der Waals surface area contributed by atoms with Crippen molar-refractivity contribution in [3.05, 3.63) is 0 Å². The van der Waals surface area contributed by atoms with Crippen molar-refractivity contribution in [3.63, 3.8) is 0 Å². The fourth-order valence-corrected chi connectivity index (χ4v) is 1.47. The smallest absolute Gasteiger partial charge is 0.321 e. The molecule has 72 valence electrons. The highest BCUT2D eigenvalue weighted by Crippen LogP contribution is 2.07. The van der Waals surface area contributed by atoms with Crippen LogP contribution in [0.2, 0.25) is 0 Å². The second-order valence-electron chi connectivity index (χ2n) is 3.20. The lowest BCUT2D eigenvalue weighted by Gasteiger charge is -2.24. The van der Waals surface area contributed by atoms with E-state index in [9.17, 15) is 4.79 Å². The van der Waals surface area contributed by atoms with E-state index in [1.54, 1.807) is 0 Å². The molecule has 1 rings (SSSR count). The van der Waals surface area contributed by atoms with Gasteiger partial charge in [-0.25, -0.2) is 0 Å². The largest absolute Gasteiger partial charge is 0.452 e. The molecule has 0 N–H and O–H groups in total. The third-order valence-electron chi connectivity index (χ3n) is 2.12. The van der Waals surface area contributed by atoms with Crippen LogP contribution >= 0.6 is 0 Å². The SMILES string of the molecule is C#CCOC(=O)CN1CCCCC1. The first-order chi connectivity index (χ1) is 6.33. The van der Waals surface area contributed by atoms with Gasteiger partial charge >= 0.3 is 5.97 Å². The van der Waals surface area contributed by atoms with Gasteiger partial charge in [-0.05, 0) is 25.9 Å². The van der Waals surface area contributed by atoms with E-state index < -0.39 is 0 Å². The Bertz CT molecular complexity index is 201. The van der Waals surface area contributed by atoms with Crippen LogP contribution in [-0.2, 0) is 9.53 Å². The summed E-state index contributed by atoms with van der Waals surface area (Å²) in [5.41, 5.74) is 0. The number of carbonyl (C=O) groups excluding carboxylic acids is 1. The molecule has 1 fully saturated rings. The number of esters is 1. The number of rotatable bonds is 3. The average Bonchev–Trinajstić information content (AvgIpc) is 2.16. The van der Waals surface area contributed by atoms with E-state index in [2.05, 4.69) is 10.8 Å². The first kappa shape index (κ1) is 10.1. The molecule has 0 saturated carbocycles. The Hall–Kier alpha value is -1.01. The van der Waals surface area contributed by atoms with Gasteiger partial charge in [0, 0.05) is 0 Å². The minimum atomic E-state index is -0.208. The van der Waals surface area contributed by atoms with Crippen molar-refractivity contribution in [1.29, 1.82) is 0 Å². The van der Waals surface area contributed by atoms with Crippen LogP contribution in [0.25, 0.3) is 0 Å².